The number of anilines is 3. The van der Waals surface area contributed by atoms with Gasteiger partial charge in [0.25, 0.3) is 5.91 Å². The summed E-state index contributed by atoms with van der Waals surface area (Å²) in [6, 6.07) is 22.6. The second-order valence-corrected chi connectivity index (χ2v) is 18.4. The van der Waals surface area contributed by atoms with Crippen molar-refractivity contribution in [2.45, 2.75) is 77.0 Å². The summed E-state index contributed by atoms with van der Waals surface area (Å²) in [5.74, 6) is 3.77. The predicted molar refractivity (Wildman–Crippen MR) is 261 cm³/mol. The zero-order valence-corrected chi connectivity index (χ0v) is 38.7. The van der Waals surface area contributed by atoms with Gasteiger partial charge in [-0.15, -0.1) is 0 Å². The minimum atomic E-state index is -0.515. The maximum absolute atomic E-state index is 13.9. The standard InChI is InChI=1S/C50H53N15O4/c1-29-12-19-39-40(21-29)57-41(56-39)23-52-48-59-49(58-45-38(33-13-14-33)22-55-65(45)48)62-24-31(3)63(32(4)25-62)50(67)68-27-30(2)47(66)61-20-8-9-35(26-61)64-46-42(44(51)53-28-54-46)43(60-64)34-15-17-37(18-16-34)69-36-10-6-5-7-11-36/h5-7,10-12,15-19,21-22,28,31-33,35H,2,8-9,13-14,20,23-27H2,1,3-4H3,(H,56,57)(H2,51,53,54)(H,52,58,59)/t31-,32+,35-/m1/s1. The highest BCUT2D eigenvalue weighted by Gasteiger charge is 2.37. The zero-order valence-electron chi connectivity index (χ0n) is 38.7. The molecule has 2 saturated heterocycles. The van der Waals surface area contributed by atoms with Gasteiger partial charge in [-0.1, -0.05) is 30.8 Å². The number of H-pyrrole nitrogens is 1. The number of benzene rings is 3. The Kier molecular flexibility index (Phi) is 11.3. The highest BCUT2D eigenvalue weighted by Crippen LogP contribution is 2.42. The van der Waals surface area contributed by atoms with Crippen molar-refractivity contribution in [1.29, 1.82) is 0 Å². The molecule has 19 nitrogen and oxygen atoms in total. The fourth-order valence-corrected chi connectivity index (χ4v) is 9.70. The lowest BCUT2D eigenvalue weighted by Crippen LogP contribution is -2.59. The molecule has 5 aromatic heterocycles. The number of nitrogens with one attached hydrogen (secondary N) is 2. The number of carbonyl (C=O) groups is 2. The van der Waals surface area contributed by atoms with E-state index in [0.29, 0.717) is 78.8 Å². The molecule has 2 amide bonds. The van der Waals surface area contributed by atoms with Gasteiger partial charge in [0.15, 0.2) is 11.3 Å². The maximum atomic E-state index is 13.9. The summed E-state index contributed by atoms with van der Waals surface area (Å²) in [5.41, 5.74) is 13.6. The van der Waals surface area contributed by atoms with Gasteiger partial charge < -0.3 is 35.3 Å². The lowest BCUT2D eigenvalue weighted by atomic mass is 10.0. The van der Waals surface area contributed by atoms with Crippen LogP contribution >= 0.6 is 0 Å². The van der Waals surface area contributed by atoms with Crippen LogP contribution in [0.2, 0.25) is 0 Å². The van der Waals surface area contributed by atoms with Crippen LogP contribution in [0.25, 0.3) is 39.0 Å². The maximum Gasteiger partial charge on any atom is 0.410 e. The average molecular weight is 928 g/mol. The number of piperazine rings is 1. The highest BCUT2D eigenvalue weighted by atomic mass is 16.6. The van der Waals surface area contributed by atoms with E-state index < -0.39 is 6.09 Å². The Labute approximate surface area is 397 Å². The summed E-state index contributed by atoms with van der Waals surface area (Å²) in [6.45, 7) is 12.1. The zero-order chi connectivity index (χ0) is 47.3. The second kappa shape index (κ2) is 17.9. The summed E-state index contributed by atoms with van der Waals surface area (Å²) in [4.78, 5) is 60.4. The molecule has 69 heavy (non-hydrogen) atoms. The van der Waals surface area contributed by atoms with Crippen molar-refractivity contribution in [3.63, 3.8) is 0 Å². The summed E-state index contributed by atoms with van der Waals surface area (Å²) >= 11 is 0. The van der Waals surface area contributed by atoms with Gasteiger partial charge in [0.2, 0.25) is 11.9 Å². The number of rotatable bonds is 12. The number of nitrogen functional groups attached to an aromatic ring is 1. The molecule has 352 valence electrons. The van der Waals surface area contributed by atoms with E-state index in [-0.39, 0.29) is 36.2 Å². The van der Waals surface area contributed by atoms with E-state index in [1.54, 1.807) is 14.3 Å². The van der Waals surface area contributed by atoms with Crippen LogP contribution in [0.1, 0.15) is 68.4 Å². The number of hydrogen-bond donors (Lipinski definition) is 3. The number of carbonyl (C=O) groups excluding carboxylic acids is 2. The first-order chi connectivity index (χ1) is 33.5. The average Bonchev–Trinajstić information content (AvgIpc) is 3.77. The minimum Gasteiger partial charge on any atom is -0.457 e. The molecule has 19 heteroatoms. The minimum absolute atomic E-state index is 0.185. The van der Waals surface area contributed by atoms with Gasteiger partial charge >= 0.3 is 6.09 Å². The molecule has 3 fully saturated rings. The lowest BCUT2D eigenvalue weighted by molar-refractivity contribution is -0.129. The molecule has 1 saturated carbocycles. The summed E-state index contributed by atoms with van der Waals surface area (Å²) in [7, 11) is 0. The number of aryl methyl sites for hydroxylation is 1. The van der Waals surface area contributed by atoms with Crippen LogP contribution in [0.15, 0.2) is 97.5 Å². The normalized spacial score (nSPS) is 18.5. The molecule has 11 rings (SSSR count). The van der Waals surface area contributed by atoms with Gasteiger partial charge in [-0.25, -0.2) is 24.4 Å². The predicted octanol–water partition coefficient (Wildman–Crippen LogP) is 7.44. The van der Waals surface area contributed by atoms with Crippen LogP contribution < -0.4 is 20.7 Å². The number of amides is 2. The number of imidazole rings is 1. The Morgan fingerprint density at radius 2 is 1.70 bits per heavy atom. The number of ether oxygens (including phenoxy) is 2. The van der Waals surface area contributed by atoms with Gasteiger partial charge in [-0.3, -0.25) is 9.69 Å². The van der Waals surface area contributed by atoms with E-state index in [4.69, 9.17) is 35.3 Å². The number of likely N-dealkylation sites (tertiary alicyclic amines) is 1. The summed E-state index contributed by atoms with van der Waals surface area (Å²) in [5, 5.41) is 13.8. The first kappa shape index (κ1) is 43.5. The number of hydrogen-bond acceptors (Lipinski definition) is 14. The van der Waals surface area contributed by atoms with Crippen LogP contribution in [0, 0.1) is 6.92 Å². The smallest absolute Gasteiger partial charge is 0.410 e. The van der Waals surface area contributed by atoms with E-state index >= 15 is 0 Å². The van der Waals surface area contributed by atoms with Gasteiger partial charge in [0.1, 0.15) is 41.8 Å². The van der Waals surface area contributed by atoms with Crippen LogP contribution in [-0.2, 0) is 16.1 Å². The molecule has 4 N–H and O–H groups in total. The van der Waals surface area contributed by atoms with Gasteiger partial charge in [0.05, 0.1) is 47.3 Å². The Morgan fingerprint density at radius 1 is 0.913 bits per heavy atom. The van der Waals surface area contributed by atoms with Crippen molar-refractivity contribution in [3.8, 4) is 22.8 Å². The van der Waals surface area contributed by atoms with Crippen molar-refractivity contribution in [3.05, 3.63) is 114 Å². The van der Waals surface area contributed by atoms with E-state index in [2.05, 4.69) is 49.8 Å². The molecule has 0 radical (unpaired) electrons. The van der Waals surface area contributed by atoms with Crippen molar-refractivity contribution >= 4 is 57.4 Å². The molecule has 7 heterocycles. The highest BCUT2D eigenvalue weighted by molar-refractivity contribution is 5.98. The first-order valence-electron chi connectivity index (χ1n) is 23.5. The summed E-state index contributed by atoms with van der Waals surface area (Å²) in [6.07, 6.45) is 6.51. The first-order valence-corrected chi connectivity index (χ1v) is 23.5. The number of nitrogens with two attached hydrogens (primary N) is 1. The molecular formula is C50H53N15O4. The quantitative estimate of drug-likeness (QED) is 0.102. The number of aromatic nitrogens is 10. The number of nitrogens with zero attached hydrogens (tertiary/aromatic N) is 12. The fraction of sp³-hybridized carbons (Fsp3) is 0.340. The van der Waals surface area contributed by atoms with E-state index in [0.717, 1.165) is 70.6 Å². The number of aromatic amines is 1. The Hall–Kier alpha value is -8.09. The third-order valence-corrected chi connectivity index (χ3v) is 13.2. The molecule has 0 unspecified atom stereocenters. The fourth-order valence-electron chi connectivity index (χ4n) is 9.70. The van der Waals surface area contributed by atoms with Crippen LogP contribution in [-0.4, -0.2) is 116 Å². The van der Waals surface area contributed by atoms with E-state index in [1.165, 1.54) is 6.33 Å². The summed E-state index contributed by atoms with van der Waals surface area (Å²) < 4.78 is 15.5. The molecular weight excluding hydrogens is 875 g/mol. The van der Waals surface area contributed by atoms with Gasteiger partial charge in [-0.2, -0.15) is 24.7 Å². The molecule has 3 atom stereocenters. The van der Waals surface area contributed by atoms with Crippen molar-refractivity contribution in [2.75, 3.05) is 48.7 Å². The molecule has 2 aliphatic heterocycles. The van der Waals surface area contributed by atoms with Gasteiger partial charge in [-0.05, 0) is 106 Å². The van der Waals surface area contributed by atoms with Crippen LogP contribution in [0.5, 0.6) is 11.5 Å². The molecule has 8 aromatic rings. The molecule has 0 bridgehead atoms. The van der Waals surface area contributed by atoms with Crippen LogP contribution in [0.3, 0.4) is 0 Å². The van der Waals surface area contributed by atoms with Crippen molar-refractivity contribution < 1.29 is 19.1 Å². The van der Waals surface area contributed by atoms with Crippen molar-refractivity contribution in [2.24, 2.45) is 0 Å². The Balaban J connectivity index is 0.735. The molecule has 3 aromatic carbocycles. The number of piperidine rings is 1. The van der Waals surface area contributed by atoms with Crippen molar-refractivity contribution in [1.82, 2.24) is 59.1 Å². The molecule has 3 aliphatic rings. The lowest BCUT2D eigenvalue weighted by Gasteiger charge is -2.43. The third kappa shape index (κ3) is 8.59. The van der Waals surface area contributed by atoms with E-state index in [9.17, 15) is 9.59 Å². The molecule has 1 aliphatic carbocycles. The van der Waals surface area contributed by atoms with Gasteiger partial charge in [0, 0.05) is 42.9 Å². The monoisotopic (exact) mass is 927 g/mol. The Bertz CT molecular complexity index is 3220. The molecule has 0 spiro atoms. The topological polar surface area (TPSA) is 216 Å². The SMILES string of the molecule is C=C(COC(=O)N1[C@H](C)CN(c2nc(NCc3nc4ccc(C)cc4[nH]3)n3ncc(C4CC4)c3n2)C[C@@H]1C)C(=O)N1CCC[C@@H](n2nc(-c3ccc(Oc4ccccc4)cc3)c3c(N)ncnc32)C1. The third-order valence-electron chi connectivity index (χ3n) is 13.2. The number of para-hydroxylation sites is 1. The number of fused-ring (bicyclic) bond motifs is 3. The van der Waals surface area contributed by atoms with E-state index in [1.807, 2.05) is 91.5 Å². The Morgan fingerprint density at radius 3 is 2.48 bits per heavy atom. The van der Waals surface area contributed by atoms with Crippen LogP contribution in [0.4, 0.5) is 22.5 Å². The second-order valence-electron chi connectivity index (χ2n) is 18.4. The largest absolute Gasteiger partial charge is 0.457 e.